The van der Waals surface area contributed by atoms with E-state index in [1.54, 1.807) is 30.5 Å². The molecular formula is C20H17Cl2NO4S. The van der Waals surface area contributed by atoms with Gasteiger partial charge in [-0.25, -0.2) is 0 Å². The first kappa shape index (κ1) is 19.6. The summed E-state index contributed by atoms with van der Waals surface area (Å²) in [6, 6.07) is 8.51. The van der Waals surface area contributed by atoms with Gasteiger partial charge in [0.2, 0.25) is 0 Å². The molecule has 0 aliphatic carbocycles. The monoisotopic (exact) mass is 437 g/mol. The molecule has 2 aromatic rings. The Morgan fingerprint density at radius 2 is 2.04 bits per heavy atom. The standard InChI is InChI=1S/C20H17Cl2NO4S/c21-12-5-6-15(16(22)9-12)17-18(28-11-14-4-2-8-27-14)20(25)23(19(17)24)10-13-3-1-7-26-13/h2,4-6,8-9,13H,1,3,7,10-11H2. The van der Waals surface area contributed by atoms with E-state index in [4.69, 9.17) is 32.4 Å². The Morgan fingerprint density at radius 1 is 1.18 bits per heavy atom. The van der Waals surface area contributed by atoms with E-state index in [2.05, 4.69) is 0 Å². The largest absolute Gasteiger partial charge is 0.468 e. The number of amides is 2. The highest BCUT2D eigenvalue weighted by Crippen LogP contribution is 2.40. The minimum atomic E-state index is -0.355. The van der Waals surface area contributed by atoms with Crippen LogP contribution in [0.15, 0.2) is 45.9 Å². The molecule has 0 N–H and O–H groups in total. The minimum Gasteiger partial charge on any atom is -0.468 e. The number of rotatable bonds is 6. The van der Waals surface area contributed by atoms with Gasteiger partial charge in [-0.2, -0.15) is 0 Å². The molecule has 1 aromatic carbocycles. The van der Waals surface area contributed by atoms with Crippen molar-refractivity contribution in [3.63, 3.8) is 0 Å². The summed E-state index contributed by atoms with van der Waals surface area (Å²) in [5, 5.41) is 0.797. The Morgan fingerprint density at radius 3 is 2.71 bits per heavy atom. The van der Waals surface area contributed by atoms with Gasteiger partial charge >= 0.3 is 0 Å². The molecular weight excluding hydrogens is 421 g/mol. The smallest absolute Gasteiger partial charge is 0.268 e. The van der Waals surface area contributed by atoms with Crippen LogP contribution in [0.2, 0.25) is 10.0 Å². The van der Waals surface area contributed by atoms with Gasteiger partial charge in [-0.05, 0) is 37.1 Å². The van der Waals surface area contributed by atoms with Crippen molar-refractivity contribution in [3.05, 3.63) is 62.9 Å². The number of imide groups is 1. The number of hydrogen-bond donors (Lipinski definition) is 0. The lowest BCUT2D eigenvalue weighted by molar-refractivity contribution is -0.138. The fourth-order valence-corrected chi connectivity index (χ4v) is 4.84. The summed E-state index contributed by atoms with van der Waals surface area (Å²) in [6.45, 7) is 0.904. The van der Waals surface area contributed by atoms with Crippen LogP contribution in [-0.2, 0) is 20.1 Å². The maximum atomic E-state index is 13.2. The average molecular weight is 438 g/mol. The molecule has 2 aliphatic heterocycles. The Hall–Kier alpha value is -1.73. The van der Waals surface area contributed by atoms with Crippen molar-refractivity contribution in [2.24, 2.45) is 0 Å². The van der Waals surface area contributed by atoms with Crippen LogP contribution >= 0.6 is 35.0 Å². The second kappa shape index (κ2) is 8.33. The van der Waals surface area contributed by atoms with E-state index in [9.17, 15) is 9.59 Å². The van der Waals surface area contributed by atoms with Crippen molar-refractivity contribution in [2.75, 3.05) is 13.2 Å². The average Bonchev–Trinajstić information content (AvgIpc) is 3.40. The third-order valence-corrected chi connectivity index (χ3v) is 6.32. The lowest BCUT2D eigenvalue weighted by atomic mass is 10.1. The van der Waals surface area contributed by atoms with Gasteiger partial charge in [-0.15, -0.1) is 11.8 Å². The number of ether oxygens (including phenoxy) is 1. The van der Waals surface area contributed by atoms with Crippen LogP contribution in [0.25, 0.3) is 5.57 Å². The van der Waals surface area contributed by atoms with Crippen LogP contribution in [0.4, 0.5) is 0 Å². The third-order valence-electron chi connectivity index (χ3n) is 4.68. The fourth-order valence-electron chi connectivity index (χ4n) is 3.31. The molecule has 28 heavy (non-hydrogen) atoms. The van der Waals surface area contributed by atoms with E-state index < -0.39 is 0 Å². The molecule has 1 atom stereocenters. The number of hydrogen-bond acceptors (Lipinski definition) is 5. The molecule has 1 unspecified atom stereocenters. The molecule has 0 saturated carbocycles. The summed E-state index contributed by atoms with van der Waals surface area (Å²) in [6.07, 6.45) is 3.23. The Kier molecular flexibility index (Phi) is 5.83. The second-order valence-corrected chi connectivity index (χ2v) is 8.38. The van der Waals surface area contributed by atoms with Gasteiger partial charge in [-0.1, -0.05) is 29.3 Å². The molecule has 0 radical (unpaired) electrons. The Labute approximate surface area is 176 Å². The van der Waals surface area contributed by atoms with Crippen molar-refractivity contribution >= 4 is 52.4 Å². The van der Waals surface area contributed by atoms with E-state index in [0.717, 1.165) is 18.6 Å². The van der Waals surface area contributed by atoms with Gasteiger partial charge in [0.1, 0.15) is 5.76 Å². The van der Waals surface area contributed by atoms with Crippen molar-refractivity contribution in [1.82, 2.24) is 4.90 Å². The molecule has 4 rings (SSSR count). The van der Waals surface area contributed by atoms with E-state index >= 15 is 0 Å². The van der Waals surface area contributed by atoms with E-state index in [1.165, 1.54) is 16.7 Å². The Bertz CT molecular complexity index is 936. The first-order chi connectivity index (χ1) is 13.5. The number of furan rings is 1. The number of carbonyl (C=O) groups is 2. The van der Waals surface area contributed by atoms with Crippen molar-refractivity contribution in [3.8, 4) is 0 Å². The molecule has 1 aromatic heterocycles. The number of nitrogens with zero attached hydrogens (tertiary/aromatic N) is 1. The van der Waals surface area contributed by atoms with Crippen LogP contribution < -0.4 is 0 Å². The predicted octanol–water partition coefficient (Wildman–Crippen LogP) is 4.78. The lowest BCUT2D eigenvalue weighted by Gasteiger charge is -2.19. The van der Waals surface area contributed by atoms with Gasteiger partial charge in [-0.3, -0.25) is 14.5 Å². The van der Waals surface area contributed by atoms with Crippen molar-refractivity contribution < 1.29 is 18.7 Å². The van der Waals surface area contributed by atoms with Crippen LogP contribution in [0.5, 0.6) is 0 Å². The van der Waals surface area contributed by atoms with Gasteiger partial charge in [0.15, 0.2) is 0 Å². The van der Waals surface area contributed by atoms with E-state index in [1.807, 2.05) is 6.07 Å². The highest BCUT2D eigenvalue weighted by molar-refractivity contribution is 8.03. The van der Waals surface area contributed by atoms with E-state index in [0.29, 0.717) is 38.4 Å². The molecule has 2 amide bonds. The molecule has 1 fully saturated rings. The maximum Gasteiger partial charge on any atom is 0.268 e. The zero-order valence-electron chi connectivity index (χ0n) is 14.8. The zero-order valence-corrected chi connectivity index (χ0v) is 17.1. The zero-order chi connectivity index (χ0) is 19.7. The minimum absolute atomic E-state index is 0.121. The van der Waals surface area contributed by atoms with Crippen LogP contribution in [0.3, 0.4) is 0 Å². The van der Waals surface area contributed by atoms with Crippen LogP contribution in [-0.4, -0.2) is 36.0 Å². The van der Waals surface area contributed by atoms with Crippen molar-refractivity contribution in [2.45, 2.75) is 24.7 Å². The third kappa shape index (κ3) is 3.87. The van der Waals surface area contributed by atoms with E-state index in [-0.39, 0.29) is 24.5 Å². The van der Waals surface area contributed by atoms with Gasteiger partial charge in [0.25, 0.3) is 11.8 Å². The second-order valence-electron chi connectivity index (χ2n) is 6.55. The molecule has 146 valence electrons. The SMILES string of the molecule is O=C1C(SCc2ccco2)=C(c2ccc(Cl)cc2Cl)C(=O)N1CC1CCCO1. The normalized spacial score (nSPS) is 19.9. The molecule has 0 spiro atoms. The number of thioether (sulfide) groups is 1. The molecule has 3 heterocycles. The lowest BCUT2D eigenvalue weighted by Crippen LogP contribution is -2.37. The topological polar surface area (TPSA) is 59.8 Å². The summed E-state index contributed by atoms with van der Waals surface area (Å²) in [7, 11) is 0. The first-order valence-electron chi connectivity index (χ1n) is 8.87. The molecule has 8 heteroatoms. The van der Waals surface area contributed by atoms with Crippen LogP contribution in [0.1, 0.15) is 24.2 Å². The highest BCUT2D eigenvalue weighted by atomic mass is 35.5. The highest BCUT2D eigenvalue weighted by Gasteiger charge is 2.41. The summed E-state index contributed by atoms with van der Waals surface area (Å²) in [4.78, 5) is 27.9. The Balaban J connectivity index is 1.68. The number of benzene rings is 1. The van der Waals surface area contributed by atoms with Gasteiger partial charge in [0, 0.05) is 17.2 Å². The predicted molar refractivity (Wildman–Crippen MR) is 109 cm³/mol. The summed E-state index contributed by atoms with van der Waals surface area (Å²) in [5.41, 5.74) is 0.808. The molecule has 5 nitrogen and oxygen atoms in total. The quantitative estimate of drug-likeness (QED) is 0.608. The maximum absolute atomic E-state index is 13.2. The van der Waals surface area contributed by atoms with Crippen LogP contribution in [0, 0.1) is 0 Å². The molecule has 1 saturated heterocycles. The fraction of sp³-hybridized carbons (Fsp3) is 0.300. The summed E-state index contributed by atoms with van der Waals surface area (Å²) >= 11 is 13.6. The van der Waals surface area contributed by atoms with Gasteiger partial charge in [0.05, 0.1) is 40.2 Å². The summed E-state index contributed by atoms with van der Waals surface area (Å²) in [5.74, 6) is 0.478. The number of halogens is 2. The number of carbonyl (C=O) groups excluding carboxylic acids is 2. The first-order valence-corrected chi connectivity index (χ1v) is 10.6. The van der Waals surface area contributed by atoms with Crippen molar-refractivity contribution in [1.29, 1.82) is 0 Å². The molecule has 0 bridgehead atoms. The molecule has 2 aliphatic rings. The van der Waals surface area contributed by atoms with Gasteiger partial charge < -0.3 is 9.15 Å². The summed E-state index contributed by atoms with van der Waals surface area (Å²) < 4.78 is 11.0.